The quantitative estimate of drug-likeness (QED) is 0.555. The summed E-state index contributed by atoms with van der Waals surface area (Å²) in [5.74, 6) is 0. The van der Waals surface area contributed by atoms with Crippen molar-refractivity contribution in [2.75, 3.05) is 32.5 Å². The van der Waals surface area contributed by atoms with Crippen molar-refractivity contribution in [1.82, 2.24) is 14.8 Å². The molecule has 0 aliphatic rings. The van der Waals surface area contributed by atoms with E-state index in [-0.39, 0.29) is 18.1 Å². The molecule has 0 saturated heterocycles. The fraction of sp³-hybridized carbons (Fsp3) is 0.333. The van der Waals surface area contributed by atoms with Crippen LogP contribution in [0.5, 0.6) is 0 Å². The predicted octanol–water partition coefficient (Wildman–Crippen LogP) is 4.78. The summed E-state index contributed by atoms with van der Waals surface area (Å²) in [6.07, 6.45) is 0.796. The van der Waals surface area contributed by atoms with Crippen molar-refractivity contribution < 1.29 is 4.79 Å². The van der Waals surface area contributed by atoms with Crippen LogP contribution in [0, 0.1) is 13.8 Å². The Hall–Kier alpha value is -2.83. The Bertz CT molecular complexity index is 1120. The number of aryl methyl sites for hydroxylation is 2. The molecule has 1 heterocycles. The van der Waals surface area contributed by atoms with Gasteiger partial charge in [-0.05, 0) is 87.8 Å². The summed E-state index contributed by atoms with van der Waals surface area (Å²) in [6.45, 7) is 5.62. The minimum absolute atomic E-state index is 0.168. The van der Waals surface area contributed by atoms with Gasteiger partial charge in [-0.2, -0.15) is 0 Å². The predicted molar refractivity (Wildman–Crippen MR) is 128 cm³/mol. The standard InChI is InChI=1S/C24H29ClN4O2/c1-16-6-7-18-14-19(23(30)27-22(18)17(16)2)15-29(13-5-12-28(3)4)24(31)26-21-10-8-20(25)9-11-21/h6-11,14H,5,12-13,15H2,1-4H3,(H,26,31)(H,27,30). The second kappa shape index (κ2) is 9.98. The fourth-order valence-corrected chi connectivity index (χ4v) is 3.59. The highest BCUT2D eigenvalue weighted by atomic mass is 35.5. The van der Waals surface area contributed by atoms with E-state index in [4.69, 9.17) is 11.6 Å². The Labute approximate surface area is 187 Å². The van der Waals surface area contributed by atoms with Crippen molar-refractivity contribution in [1.29, 1.82) is 0 Å². The highest BCUT2D eigenvalue weighted by Gasteiger charge is 2.17. The topological polar surface area (TPSA) is 68.4 Å². The first-order valence-electron chi connectivity index (χ1n) is 10.3. The van der Waals surface area contributed by atoms with Crippen LogP contribution in [0.25, 0.3) is 10.9 Å². The average Bonchev–Trinajstić information content (AvgIpc) is 2.72. The number of aromatic amines is 1. The number of benzene rings is 2. The normalized spacial score (nSPS) is 11.2. The summed E-state index contributed by atoms with van der Waals surface area (Å²) < 4.78 is 0. The minimum Gasteiger partial charge on any atom is -0.321 e. The Morgan fingerprint density at radius 2 is 1.77 bits per heavy atom. The molecule has 0 aliphatic heterocycles. The molecule has 2 N–H and O–H groups in total. The molecule has 7 heteroatoms. The number of halogens is 1. The largest absolute Gasteiger partial charge is 0.322 e. The van der Waals surface area contributed by atoms with E-state index in [2.05, 4.69) is 15.2 Å². The Kier molecular flexibility index (Phi) is 7.36. The maximum absolute atomic E-state index is 13.0. The van der Waals surface area contributed by atoms with Gasteiger partial charge in [-0.1, -0.05) is 23.7 Å². The van der Waals surface area contributed by atoms with E-state index in [0.717, 1.165) is 35.0 Å². The average molecular weight is 441 g/mol. The van der Waals surface area contributed by atoms with Crippen LogP contribution in [0.1, 0.15) is 23.1 Å². The lowest BCUT2D eigenvalue weighted by molar-refractivity contribution is 0.205. The SMILES string of the molecule is Cc1ccc2cc(CN(CCCN(C)C)C(=O)Nc3ccc(Cl)cc3)c(=O)[nH]c2c1C. The van der Waals surface area contributed by atoms with Crippen molar-refractivity contribution in [3.63, 3.8) is 0 Å². The van der Waals surface area contributed by atoms with Crippen molar-refractivity contribution in [2.45, 2.75) is 26.8 Å². The number of nitrogens with zero attached hydrogens (tertiary/aromatic N) is 2. The van der Waals surface area contributed by atoms with Crippen LogP contribution in [0.2, 0.25) is 5.02 Å². The van der Waals surface area contributed by atoms with Gasteiger partial charge in [0.1, 0.15) is 0 Å². The molecule has 0 atom stereocenters. The van der Waals surface area contributed by atoms with Crippen molar-refractivity contribution in [3.8, 4) is 0 Å². The second-order valence-corrected chi connectivity index (χ2v) is 8.55. The number of carbonyl (C=O) groups excluding carboxylic acids is 1. The summed E-state index contributed by atoms with van der Waals surface area (Å²) >= 11 is 5.94. The molecule has 0 aliphatic carbocycles. The zero-order chi connectivity index (χ0) is 22.5. The zero-order valence-corrected chi connectivity index (χ0v) is 19.2. The van der Waals surface area contributed by atoms with Gasteiger partial charge in [0.25, 0.3) is 5.56 Å². The van der Waals surface area contributed by atoms with Crippen molar-refractivity contribution in [2.24, 2.45) is 0 Å². The van der Waals surface area contributed by atoms with Crippen LogP contribution in [-0.4, -0.2) is 48.0 Å². The maximum atomic E-state index is 13.0. The molecule has 31 heavy (non-hydrogen) atoms. The van der Waals surface area contributed by atoms with Gasteiger partial charge in [0.15, 0.2) is 0 Å². The molecular weight excluding hydrogens is 412 g/mol. The van der Waals surface area contributed by atoms with Crippen LogP contribution in [-0.2, 0) is 6.54 Å². The smallest absolute Gasteiger partial charge is 0.321 e. The van der Waals surface area contributed by atoms with Gasteiger partial charge in [0.2, 0.25) is 0 Å². The van der Waals surface area contributed by atoms with E-state index in [9.17, 15) is 9.59 Å². The third-order valence-electron chi connectivity index (χ3n) is 5.41. The molecule has 0 radical (unpaired) electrons. The number of fused-ring (bicyclic) bond motifs is 1. The molecule has 3 rings (SSSR count). The van der Waals surface area contributed by atoms with Crippen LogP contribution in [0.15, 0.2) is 47.3 Å². The first-order chi connectivity index (χ1) is 14.7. The summed E-state index contributed by atoms with van der Waals surface area (Å²) in [5.41, 5.74) is 4.09. The summed E-state index contributed by atoms with van der Waals surface area (Å²) in [7, 11) is 3.99. The number of nitrogens with one attached hydrogen (secondary N) is 2. The van der Waals surface area contributed by atoms with Gasteiger partial charge in [-0.25, -0.2) is 4.79 Å². The summed E-state index contributed by atoms with van der Waals surface area (Å²) in [6, 6.07) is 12.6. The number of hydrogen-bond acceptors (Lipinski definition) is 3. The van der Waals surface area contributed by atoms with Crippen LogP contribution >= 0.6 is 11.6 Å². The van der Waals surface area contributed by atoms with Gasteiger partial charge in [-0.15, -0.1) is 0 Å². The van der Waals surface area contributed by atoms with E-state index in [1.807, 2.05) is 46.1 Å². The molecule has 164 valence electrons. The lowest BCUT2D eigenvalue weighted by Gasteiger charge is -2.24. The molecular formula is C24H29ClN4O2. The first kappa shape index (κ1) is 22.8. The molecule has 2 aromatic carbocycles. The van der Waals surface area contributed by atoms with Gasteiger partial charge in [0, 0.05) is 22.8 Å². The van der Waals surface area contributed by atoms with Gasteiger partial charge >= 0.3 is 6.03 Å². The monoisotopic (exact) mass is 440 g/mol. The molecule has 0 unspecified atom stereocenters. The number of urea groups is 1. The molecule has 0 fully saturated rings. The molecule has 1 aromatic heterocycles. The number of carbonyl (C=O) groups is 1. The number of rotatable bonds is 7. The fourth-order valence-electron chi connectivity index (χ4n) is 3.46. The number of aromatic nitrogens is 1. The molecule has 0 bridgehead atoms. The number of pyridine rings is 1. The Balaban J connectivity index is 1.85. The number of hydrogen-bond donors (Lipinski definition) is 2. The van der Waals surface area contributed by atoms with E-state index >= 15 is 0 Å². The van der Waals surface area contributed by atoms with Crippen molar-refractivity contribution in [3.05, 3.63) is 74.5 Å². The molecule has 2 amide bonds. The van der Waals surface area contributed by atoms with Crippen LogP contribution in [0.4, 0.5) is 10.5 Å². The third-order valence-corrected chi connectivity index (χ3v) is 5.66. The highest BCUT2D eigenvalue weighted by molar-refractivity contribution is 6.30. The van der Waals surface area contributed by atoms with E-state index in [0.29, 0.717) is 22.8 Å². The van der Waals surface area contributed by atoms with E-state index < -0.39 is 0 Å². The zero-order valence-electron chi connectivity index (χ0n) is 18.5. The second-order valence-electron chi connectivity index (χ2n) is 8.11. The number of H-pyrrole nitrogens is 1. The van der Waals surface area contributed by atoms with Gasteiger partial charge < -0.3 is 20.1 Å². The van der Waals surface area contributed by atoms with Crippen molar-refractivity contribution >= 4 is 34.2 Å². The molecule has 6 nitrogen and oxygen atoms in total. The van der Waals surface area contributed by atoms with Crippen LogP contribution in [0.3, 0.4) is 0 Å². The Morgan fingerprint density at radius 3 is 2.45 bits per heavy atom. The lowest BCUT2D eigenvalue weighted by Crippen LogP contribution is -2.37. The number of anilines is 1. The van der Waals surface area contributed by atoms with E-state index in [1.54, 1.807) is 29.2 Å². The minimum atomic E-state index is -0.249. The third kappa shape index (κ3) is 5.87. The summed E-state index contributed by atoms with van der Waals surface area (Å²) in [4.78, 5) is 32.6. The number of amides is 2. The molecule has 3 aromatic rings. The molecule has 0 saturated carbocycles. The Morgan fingerprint density at radius 1 is 1.06 bits per heavy atom. The first-order valence-corrected chi connectivity index (χ1v) is 10.7. The maximum Gasteiger partial charge on any atom is 0.322 e. The highest BCUT2D eigenvalue weighted by Crippen LogP contribution is 2.20. The van der Waals surface area contributed by atoms with Gasteiger partial charge in [-0.3, -0.25) is 4.79 Å². The lowest BCUT2D eigenvalue weighted by atomic mass is 10.0. The van der Waals surface area contributed by atoms with E-state index in [1.165, 1.54) is 0 Å². The summed E-state index contributed by atoms with van der Waals surface area (Å²) in [5, 5.41) is 4.47. The van der Waals surface area contributed by atoms with Gasteiger partial charge in [0.05, 0.1) is 12.1 Å². The van der Waals surface area contributed by atoms with Crippen LogP contribution < -0.4 is 10.9 Å². The molecule has 0 spiro atoms.